The fourth-order valence-corrected chi connectivity index (χ4v) is 7.62. The van der Waals surface area contributed by atoms with Gasteiger partial charge in [-0.3, -0.25) is 0 Å². The maximum Gasteiger partial charge on any atom is -0.00851 e. The van der Waals surface area contributed by atoms with Gasteiger partial charge in [0.25, 0.3) is 0 Å². The second-order valence-electron chi connectivity index (χ2n) is 9.83. The van der Waals surface area contributed by atoms with Crippen molar-refractivity contribution in [3.63, 3.8) is 0 Å². The lowest BCUT2D eigenvalue weighted by Gasteiger charge is -2.58. The van der Waals surface area contributed by atoms with Gasteiger partial charge in [0.1, 0.15) is 0 Å². The van der Waals surface area contributed by atoms with Crippen LogP contribution < -0.4 is 0 Å². The van der Waals surface area contributed by atoms with Crippen molar-refractivity contribution in [2.24, 2.45) is 40.4 Å². The van der Waals surface area contributed by atoms with E-state index >= 15 is 0 Å². The normalized spacial score (nSPS) is 54.2. The number of hydrogen-bond donors (Lipinski definition) is 0. The van der Waals surface area contributed by atoms with E-state index in [1.807, 2.05) is 5.57 Å². The Bertz CT molecular complexity index is 474. The highest BCUT2D eigenvalue weighted by atomic mass is 14.6. The Hall–Kier alpha value is -0.260. The molecule has 4 rings (SSSR count). The summed E-state index contributed by atoms with van der Waals surface area (Å²) in [7, 11) is 0. The summed E-state index contributed by atoms with van der Waals surface area (Å²) >= 11 is 0. The number of hydrogen-bond acceptors (Lipinski definition) is 0. The Kier molecular flexibility index (Phi) is 3.55. The number of rotatable bonds is 1. The molecule has 0 N–H and O–H groups in total. The minimum atomic E-state index is 0.570. The lowest BCUT2D eigenvalue weighted by molar-refractivity contribution is -0.0441. The van der Waals surface area contributed by atoms with Gasteiger partial charge in [-0.1, -0.05) is 45.8 Å². The first-order chi connectivity index (χ1) is 10.5. The van der Waals surface area contributed by atoms with Crippen molar-refractivity contribution in [2.45, 2.75) is 85.5 Å². The van der Waals surface area contributed by atoms with Gasteiger partial charge in [-0.15, -0.1) is 0 Å². The average Bonchev–Trinajstić information content (AvgIpc) is 2.84. The van der Waals surface area contributed by atoms with Gasteiger partial charge in [0.05, 0.1) is 0 Å². The number of allylic oxidation sites excluding steroid dienone is 2. The molecular formula is C22H36. The highest BCUT2D eigenvalue weighted by Crippen LogP contribution is 2.66. The summed E-state index contributed by atoms with van der Waals surface area (Å²) in [4.78, 5) is 0. The molecule has 22 heavy (non-hydrogen) atoms. The van der Waals surface area contributed by atoms with E-state index in [0.717, 1.165) is 29.6 Å². The van der Waals surface area contributed by atoms with Crippen molar-refractivity contribution in [1.29, 1.82) is 0 Å². The molecule has 0 heteroatoms. The molecule has 7 atom stereocenters. The molecule has 0 aromatic heterocycles. The molecule has 0 aliphatic heterocycles. The maximum atomic E-state index is 2.72. The molecule has 0 spiro atoms. The van der Waals surface area contributed by atoms with Crippen LogP contribution in [0.3, 0.4) is 0 Å². The van der Waals surface area contributed by atoms with Crippen LogP contribution in [-0.2, 0) is 0 Å². The lowest BCUT2D eigenvalue weighted by atomic mass is 9.47. The lowest BCUT2D eigenvalue weighted by Crippen LogP contribution is -2.49. The predicted molar refractivity (Wildman–Crippen MR) is 94.6 cm³/mol. The van der Waals surface area contributed by atoms with Crippen LogP contribution in [0, 0.1) is 40.4 Å². The zero-order valence-electron chi connectivity index (χ0n) is 15.3. The van der Waals surface area contributed by atoms with E-state index in [0.29, 0.717) is 10.8 Å². The van der Waals surface area contributed by atoms with E-state index < -0.39 is 0 Å². The Balaban J connectivity index is 1.66. The molecule has 0 heterocycles. The van der Waals surface area contributed by atoms with Gasteiger partial charge < -0.3 is 0 Å². The van der Waals surface area contributed by atoms with Crippen LogP contribution in [0.1, 0.15) is 85.5 Å². The highest BCUT2D eigenvalue weighted by molar-refractivity contribution is 5.24. The molecule has 0 nitrogen and oxygen atoms in total. The minimum absolute atomic E-state index is 0.570. The molecule has 3 fully saturated rings. The van der Waals surface area contributed by atoms with E-state index in [4.69, 9.17) is 0 Å². The molecule has 0 aromatic rings. The third kappa shape index (κ3) is 1.94. The summed E-state index contributed by atoms with van der Waals surface area (Å²) < 4.78 is 0. The van der Waals surface area contributed by atoms with Gasteiger partial charge in [-0.05, 0) is 91.8 Å². The summed E-state index contributed by atoms with van der Waals surface area (Å²) in [6.07, 6.45) is 16.0. The van der Waals surface area contributed by atoms with Gasteiger partial charge in [0.2, 0.25) is 0 Å². The second-order valence-corrected chi connectivity index (χ2v) is 9.83. The molecule has 3 saturated carbocycles. The van der Waals surface area contributed by atoms with E-state index in [-0.39, 0.29) is 0 Å². The zero-order valence-corrected chi connectivity index (χ0v) is 15.3. The van der Waals surface area contributed by atoms with Gasteiger partial charge in [-0.25, -0.2) is 0 Å². The summed E-state index contributed by atoms with van der Waals surface area (Å²) in [5, 5.41) is 0. The molecule has 0 saturated heterocycles. The standard InChI is InChI=1S/C22H36/c1-5-16-7-9-19-18-8-6-17-14-15(2)10-12-22(17,4)20(18)11-13-21(16,19)3/h6,15-16,18-20H,5,7-14H2,1-4H3/t15-,16-,18?,19?,20?,21+,22-/m0/s1. The second kappa shape index (κ2) is 5.12. The van der Waals surface area contributed by atoms with Gasteiger partial charge in [-0.2, -0.15) is 0 Å². The molecule has 0 aromatic carbocycles. The Labute approximate surface area is 138 Å². The highest BCUT2D eigenvalue weighted by Gasteiger charge is 2.57. The smallest absolute Gasteiger partial charge is 0.00851 e. The summed E-state index contributed by atoms with van der Waals surface area (Å²) in [5.74, 6) is 5.00. The van der Waals surface area contributed by atoms with Crippen LogP contribution in [0.5, 0.6) is 0 Å². The Morgan fingerprint density at radius 2 is 1.86 bits per heavy atom. The van der Waals surface area contributed by atoms with Crippen LogP contribution in [0.25, 0.3) is 0 Å². The van der Waals surface area contributed by atoms with Crippen molar-refractivity contribution in [1.82, 2.24) is 0 Å². The number of fused-ring (bicyclic) bond motifs is 5. The minimum Gasteiger partial charge on any atom is -0.0845 e. The van der Waals surface area contributed by atoms with E-state index in [2.05, 4.69) is 33.8 Å². The van der Waals surface area contributed by atoms with Crippen LogP contribution >= 0.6 is 0 Å². The van der Waals surface area contributed by atoms with Crippen LogP contribution in [0.4, 0.5) is 0 Å². The van der Waals surface area contributed by atoms with Gasteiger partial charge >= 0.3 is 0 Å². The maximum absolute atomic E-state index is 2.72. The quantitative estimate of drug-likeness (QED) is 0.478. The van der Waals surface area contributed by atoms with E-state index in [9.17, 15) is 0 Å². The van der Waals surface area contributed by atoms with Crippen molar-refractivity contribution >= 4 is 0 Å². The Morgan fingerprint density at radius 3 is 2.64 bits per heavy atom. The van der Waals surface area contributed by atoms with Gasteiger partial charge in [0.15, 0.2) is 0 Å². The van der Waals surface area contributed by atoms with Crippen LogP contribution in [0.15, 0.2) is 11.6 Å². The SMILES string of the molecule is CC[C@H]1CCC2C3CC=C4C[C@@H](C)CC[C@]4(C)C3CC[C@@]21C. The molecule has 0 radical (unpaired) electrons. The fourth-order valence-electron chi connectivity index (χ4n) is 7.62. The van der Waals surface area contributed by atoms with Crippen LogP contribution in [0.2, 0.25) is 0 Å². The van der Waals surface area contributed by atoms with Crippen LogP contribution in [-0.4, -0.2) is 0 Å². The molecule has 4 aliphatic rings. The van der Waals surface area contributed by atoms with Crippen molar-refractivity contribution < 1.29 is 0 Å². The summed E-state index contributed by atoms with van der Waals surface area (Å²) in [6.45, 7) is 10.2. The fraction of sp³-hybridized carbons (Fsp3) is 0.909. The largest absolute Gasteiger partial charge is 0.0845 e. The van der Waals surface area contributed by atoms with Crippen molar-refractivity contribution in [3.8, 4) is 0 Å². The average molecular weight is 301 g/mol. The van der Waals surface area contributed by atoms with E-state index in [1.54, 1.807) is 0 Å². The van der Waals surface area contributed by atoms with Crippen molar-refractivity contribution in [3.05, 3.63) is 11.6 Å². The molecular weight excluding hydrogens is 264 g/mol. The molecule has 0 amide bonds. The summed E-state index contributed by atoms with van der Waals surface area (Å²) in [5.41, 5.74) is 3.11. The first-order valence-electron chi connectivity index (χ1n) is 10.2. The first kappa shape index (κ1) is 15.3. The zero-order chi connectivity index (χ0) is 15.5. The van der Waals surface area contributed by atoms with Crippen molar-refractivity contribution in [2.75, 3.05) is 0 Å². The third-order valence-electron chi connectivity index (χ3n) is 9.04. The van der Waals surface area contributed by atoms with E-state index in [1.165, 1.54) is 57.8 Å². The monoisotopic (exact) mass is 300 g/mol. The summed E-state index contributed by atoms with van der Waals surface area (Å²) in [6, 6.07) is 0. The predicted octanol–water partition coefficient (Wildman–Crippen LogP) is 6.61. The topological polar surface area (TPSA) is 0 Å². The molecule has 0 bridgehead atoms. The van der Waals surface area contributed by atoms with Gasteiger partial charge in [0, 0.05) is 0 Å². The molecule has 124 valence electrons. The molecule has 3 unspecified atom stereocenters. The first-order valence-corrected chi connectivity index (χ1v) is 10.2. The Morgan fingerprint density at radius 1 is 1.05 bits per heavy atom. The third-order valence-corrected chi connectivity index (χ3v) is 9.04. The molecule has 4 aliphatic carbocycles.